The minimum absolute atomic E-state index is 0.0267. The average molecular weight is 373 g/mol. The first-order valence-electron chi connectivity index (χ1n) is 8.99. The quantitative estimate of drug-likeness (QED) is 0.655. The van der Waals surface area contributed by atoms with Crippen LogP contribution in [0.15, 0.2) is 42.5 Å². The summed E-state index contributed by atoms with van der Waals surface area (Å²) >= 11 is 0. The van der Waals surface area contributed by atoms with Crippen molar-refractivity contribution in [2.45, 2.75) is 19.8 Å². The van der Waals surface area contributed by atoms with Crippen molar-refractivity contribution in [1.82, 2.24) is 5.32 Å². The van der Waals surface area contributed by atoms with E-state index in [0.717, 1.165) is 17.7 Å². The number of nitrogens with one attached hydrogen (secondary N) is 1. The number of ether oxygens (including phenoxy) is 4. The molecule has 2 aromatic rings. The second-order valence-electron chi connectivity index (χ2n) is 5.90. The van der Waals surface area contributed by atoms with Gasteiger partial charge in [0.1, 0.15) is 11.5 Å². The third-order valence-electron chi connectivity index (χ3n) is 3.85. The van der Waals surface area contributed by atoms with Gasteiger partial charge in [-0.3, -0.25) is 4.79 Å². The number of carbonyl (C=O) groups excluding carboxylic acids is 1. The monoisotopic (exact) mass is 373 g/mol. The summed E-state index contributed by atoms with van der Waals surface area (Å²) in [4.78, 5) is 11.9. The number of benzene rings is 2. The molecule has 0 saturated carbocycles. The van der Waals surface area contributed by atoms with Gasteiger partial charge in [-0.2, -0.15) is 0 Å². The number of amides is 1. The second kappa shape index (κ2) is 11.0. The highest BCUT2D eigenvalue weighted by Gasteiger charge is 2.06. The lowest BCUT2D eigenvalue weighted by Crippen LogP contribution is -2.30. The van der Waals surface area contributed by atoms with Gasteiger partial charge < -0.3 is 24.3 Å². The van der Waals surface area contributed by atoms with E-state index < -0.39 is 0 Å². The molecule has 0 saturated heterocycles. The molecule has 1 amide bonds. The Labute approximate surface area is 160 Å². The molecule has 6 heteroatoms. The molecule has 0 unspecified atom stereocenters. The van der Waals surface area contributed by atoms with E-state index >= 15 is 0 Å². The molecule has 1 N–H and O–H groups in total. The molecule has 0 aliphatic rings. The van der Waals surface area contributed by atoms with Crippen molar-refractivity contribution in [2.75, 3.05) is 34.0 Å². The van der Waals surface area contributed by atoms with Gasteiger partial charge in [-0.25, -0.2) is 0 Å². The Morgan fingerprint density at radius 3 is 2.22 bits per heavy atom. The Hall–Kier alpha value is -2.89. The Morgan fingerprint density at radius 1 is 0.926 bits per heavy atom. The van der Waals surface area contributed by atoms with Crippen molar-refractivity contribution in [3.05, 3.63) is 48.0 Å². The molecule has 0 aliphatic carbocycles. The highest BCUT2D eigenvalue weighted by Crippen LogP contribution is 2.27. The van der Waals surface area contributed by atoms with Gasteiger partial charge in [-0.15, -0.1) is 0 Å². The van der Waals surface area contributed by atoms with E-state index in [4.69, 9.17) is 18.9 Å². The molecular formula is C21H27NO5. The van der Waals surface area contributed by atoms with E-state index in [-0.39, 0.29) is 12.5 Å². The van der Waals surface area contributed by atoms with E-state index in [1.165, 1.54) is 0 Å². The third kappa shape index (κ3) is 6.73. The van der Waals surface area contributed by atoms with Crippen LogP contribution in [0.3, 0.4) is 0 Å². The molecular weight excluding hydrogens is 346 g/mol. The summed E-state index contributed by atoms with van der Waals surface area (Å²) < 4.78 is 21.5. The van der Waals surface area contributed by atoms with Crippen LogP contribution in [-0.4, -0.2) is 39.9 Å². The first kappa shape index (κ1) is 20.4. The lowest BCUT2D eigenvalue weighted by atomic mass is 10.1. The third-order valence-corrected chi connectivity index (χ3v) is 3.85. The highest BCUT2D eigenvalue weighted by molar-refractivity contribution is 5.77. The number of methoxy groups -OCH3 is 2. The zero-order valence-electron chi connectivity index (χ0n) is 16.1. The molecule has 0 aliphatic heterocycles. The Balaban J connectivity index is 1.72. The standard InChI is InChI=1S/C21H27NO5/c1-4-13-26-17-6-8-18(9-7-17)27-15-21(23)22-12-11-16-5-10-19(24-2)20(14-16)25-3/h5-10,14H,4,11-13,15H2,1-3H3,(H,22,23). The summed E-state index contributed by atoms with van der Waals surface area (Å²) in [6.07, 6.45) is 1.65. The maximum Gasteiger partial charge on any atom is 0.257 e. The first-order valence-corrected chi connectivity index (χ1v) is 8.99. The Bertz CT molecular complexity index is 715. The van der Waals surface area contributed by atoms with Gasteiger partial charge in [0.05, 0.1) is 20.8 Å². The average Bonchev–Trinajstić information content (AvgIpc) is 2.71. The largest absolute Gasteiger partial charge is 0.494 e. The number of carbonyl (C=O) groups is 1. The fraction of sp³-hybridized carbons (Fsp3) is 0.381. The lowest BCUT2D eigenvalue weighted by molar-refractivity contribution is -0.123. The Kier molecular flexibility index (Phi) is 8.29. The summed E-state index contributed by atoms with van der Waals surface area (Å²) in [5, 5.41) is 2.85. The molecule has 146 valence electrons. The van der Waals surface area contributed by atoms with Gasteiger partial charge in [-0.1, -0.05) is 13.0 Å². The summed E-state index contributed by atoms with van der Waals surface area (Å²) in [5.74, 6) is 2.63. The van der Waals surface area contributed by atoms with Crippen molar-refractivity contribution >= 4 is 5.91 Å². The van der Waals surface area contributed by atoms with Gasteiger partial charge in [0.2, 0.25) is 0 Å². The van der Waals surface area contributed by atoms with E-state index in [1.807, 2.05) is 30.3 Å². The zero-order chi connectivity index (χ0) is 19.5. The van der Waals surface area contributed by atoms with Crippen molar-refractivity contribution in [3.63, 3.8) is 0 Å². The van der Waals surface area contributed by atoms with Gasteiger partial charge in [0, 0.05) is 6.54 Å². The summed E-state index contributed by atoms with van der Waals surface area (Å²) in [6.45, 7) is 3.23. The van der Waals surface area contributed by atoms with Crippen LogP contribution in [0, 0.1) is 0 Å². The SMILES string of the molecule is CCCOc1ccc(OCC(=O)NCCc2ccc(OC)c(OC)c2)cc1. The number of hydrogen-bond donors (Lipinski definition) is 1. The molecule has 2 rings (SSSR count). The molecule has 2 aromatic carbocycles. The normalized spacial score (nSPS) is 10.2. The molecule has 0 heterocycles. The zero-order valence-corrected chi connectivity index (χ0v) is 16.1. The minimum Gasteiger partial charge on any atom is -0.494 e. The lowest BCUT2D eigenvalue weighted by Gasteiger charge is -2.11. The van der Waals surface area contributed by atoms with Crippen molar-refractivity contribution in [2.24, 2.45) is 0 Å². The van der Waals surface area contributed by atoms with Crippen LogP contribution in [0.5, 0.6) is 23.0 Å². The molecule has 0 aromatic heterocycles. The highest BCUT2D eigenvalue weighted by atomic mass is 16.5. The van der Waals surface area contributed by atoms with Crippen LogP contribution in [-0.2, 0) is 11.2 Å². The molecule has 6 nitrogen and oxygen atoms in total. The van der Waals surface area contributed by atoms with E-state index in [0.29, 0.717) is 36.8 Å². The van der Waals surface area contributed by atoms with Gasteiger partial charge in [0.15, 0.2) is 18.1 Å². The molecule has 0 fully saturated rings. The van der Waals surface area contributed by atoms with E-state index in [1.54, 1.807) is 26.4 Å². The van der Waals surface area contributed by atoms with Crippen molar-refractivity contribution in [3.8, 4) is 23.0 Å². The van der Waals surface area contributed by atoms with E-state index in [2.05, 4.69) is 12.2 Å². The fourth-order valence-corrected chi connectivity index (χ4v) is 2.43. The predicted octanol–water partition coefficient (Wildman–Crippen LogP) is 3.23. The fourth-order valence-electron chi connectivity index (χ4n) is 2.43. The first-order chi connectivity index (χ1) is 13.2. The minimum atomic E-state index is -0.165. The topological polar surface area (TPSA) is 66.0 Å². The van der Waals surface area contributed by atoms with Gasteiger partial charge >= 0.3 is 0 Å². The van der Waals surface area contributed by atoms with Gasteiger partial charge in [-0.05, 0) is 54.8 Å². The molecule has 0 atom stereocenters. The van der Waals surface area contributed by atoms with Crippen LogP contribution in [0.4, 0.5) is 0 Å². The van der Waals surface area contributed by atoms with Crippen LogP contribution >= 0.6 is 0 Å². The summed E-state index contributed by atoms with van der Waals surface area (Å²) in [7, 11) is 3.20. The number of rotatable bonds is 11. The molecule has 0 spiro atoms. The van der Waals surface area contributed by atoms with Crippen LogP contribution in [0.2, 0.25) is 0 Å². The Morgan fingerprint density at radius 2 is 1.59 bits per heavy atom. The van der Waals surface area contributed by atoms with Crippen molar-refractivity contribution in [1.29, 1.82) is 0 Å². The smallest absolute Gasteiger partial charge is 0.257 e. The van der Waals surface area contributed by atoms with Crippen LogP contribution in [0.25, 0.3) is 0 Å². The molecule has 0 radical (unpaired) electrons. The van der Waals surface area contributed by atoms with E-state index in [9.17, 15) is 4.79 Å². The molecule has 27 heavy (non-hydrogen) atoms. The molecule has 0 bridgehead atoms. The van der Waals surface area contributed by atoms with Crippen LogP contribution < -0.4 is 24.3 Å². The van der Waals surface area contributed by atoms with Gasteiger partial charge in [0.25, 0.3) is 5.91 Å². The van der Waals surface area contributed by atoms with Crippen molar-refractivity contribution < 1.29 is 23.7 Å². The predicted molar refractivity (Wildman–Crippen MR) is 104 cm³/mol. The summed E-state index contributed by atoms with van der Waals surface area (Å²) in [5.41, 5.74) is 1.05. The van der Waals surface area contributed by atoms with Crippen LogP contribution in [0.1, 0.15) is 18.9 Å². The maximum absolute atomic E-state index is 11.9. The summed E-state index contributed by atoms with van der Waals surface area (Å²) in [6, 6.07) is 13.0. The second-order valence-corrected chi connectivity index (χ2v) is 5.90. The maximum atomic E-state index is 11.9. The number of hydrogen-bond acceptors (Lipinski definition) is 5.